The molecule has 7 heteroatoms. The lowest BCUT2D eigenvalue weighted by Crippen LogP contribution is -2.47. The van der Waals surface area contributed by atoms with E-state index in [2.05, 4.69) is 11.6 Å². The summed E-state index contributed by atoms with van der Waals surface area (Å²) in [5.74, 6) is -1.49. The summed E-state index contributed by atoms with van der Waals surface area (Å²) in [6, 6.07) is 0. The smallest absolute Gasteiger partial charge is 0.307 e. The topological polar surface area (TPSA) is 86.7 Å². The van der Waals surface area contributed by atoms with Gasteiger partial charge < -0.3 is 5.11 Å². The minimum atomic E-state index is -3.52. The summed E-state index contributed by atoms with van der Waals surface area (Å²) in [4.78, 5) is 10.9. The number of hydrogen-bond acceptors (Lipinski definition) is 3. The van der Waals surface area contributed by atoms with Crippen LogP contribution in [0.5, 0.6) is 0 Å². The van der Waals surface area contributed by atoms with E-state index in [4.69, 9.17) is 5.11 Å². The first-order valence-corrected chi connectivity index (χ1v) is 8.39. The van der Waals surface area contributed by atoms with Crippen molar-refractivity contribution in [2.75, 3.05) is 19.6 Å². The number of carbonyl (C=O) groups is 1. The average molecular weight is 292 g/mol. The molecule has 112 valence electrons. The van der Waals surface area contributed by atoms with Crippen LogP contribution >= 0.6 is 0 Å². The first-order valence-electron chi connectivity index (χ1n) is 6.95. The summed E-state index contributed by atoms with van der Waals surface area (Å²) in [7, 11) is -3.52. The highest BCUT2D eigenvalue weighted by atomic mass is 32.2. The molecule has 0 radical (unpaired) electrons. The van der Waals surface area contributed by atoms with Crippen LogP contribution in [0.3, 0.4) is 0 Å². The summed E-state index contributed by atoms with van der Waals surface area (Å²) >= 11 is 0. The second kappa shape index (κ2) is 7.81. The fourth-order valence-electron chi connectivity index (χ4n) is 2.21. The third kappa shape index (κ3) is 5.46. The largest absolute Gasteiger partial charge is 0.481 e. The Morgan fingerprint density at radius 1 is 1.37 bits per heavy atom. The zero-order valence-electron chi connectivity index (χ0n) is 11.5. The molecule has 0 spiro atoms. The van der Waals surface area contributed by atoms with Gasteiger partial charge in [-0.3, -0.25) is 4.79 Å². The zero-order valence-corrected chi connectivity index (χ0v) is 12.3. The molecule has 0 aromatic rings. The Hall–Kier alpha value is -0.660. The van der Waals surface area contributed by atoms with Crippen LogP contribution < -0.4 is 4.72 Å². The quantitative estimate of drug-likeness (QED) is 0.658. The first-order chi connectivity index (χ1) is 8.97. The summed E-state index contributed by atoms with van der Waals surface area (Å²) < 4.78 is 27.8. The fourth-order valence-corrected chi connectivity index (χ4v) is 3.54. The molecule has 1 fully saturated rings. The van der Waals surface area contributed by atoms with Crippen LogP contribution in [0.4, 0.5) is 0 Å². The van der Waals surface area contributed by atoms with Crippen molar-refractivity contribution in [1.29, 1.82) is 0 Å². The normalized spacial score (nSPS) is 21.4. The predicted octanol–water partition coefficient (Wildman–Crippen LogP) is 1.20. The van der Waals surface area contributed by atoms with Crippen LogP contribution in [-0.2, 0) is 15.0 Å². The van der Waals surface area contributed by atoms with E-state index >= 15 is 0 Å². The Morgan fingerprint density at radius 2 is 2.11 bits per heavy atom. The molecule has 0 aromatic heterocycles. The van der Waals surface area contributed by atoms with Crippen LogP contribution in [0.25, 0.3) is 0 Å². The fraction of sp³-hybridized carbons (Fsp3) is 0.917. The highest BCUT2D eigenvalue weighted by molar-refractivity contribution is 7.87. The first kappa shape index (κ1) is 16.4. The Morgan fingerprint density at radius 3 is 2.74 bits per heavy atom. The number of carboxylic acid groups (broad SMARTS) is 1. The molecule has 0 amide bonds. The van der Waals surface area contributed by atoms with E-state index < -0.39 is 22.1 Å². The number of nitrogens with zero attached hydrogens (tertiary/aromatic N) is 1. The second-order valence-corrected chi connectivity index (χ2v) is 6.75. The van der Waals surface area contributed by atoms with Gasteiger partial charge in [0.15, 0.2) is 0 Å². The maximum absolute atomic E-state index is 12.0. The molecule has 1 rings (SSSR count). The monoisotopic (exact) mass is 292 g/mol. The van der Waals surface area contributed by atoms with Gasteiger partial charge in [0.2, 0.25) is 0 Å². The van der Waals surface area contributed by atoms with Crippen LogP contribution in [0, 0.1) is 5.92 Å². The van der Waals surface area contributed by atoms with Crippen LogP contribution in [0.1, 0.15) is 45.4 Å². The minimum Gasteiger partial charge on any atom is -0.481 e. The molecule has 2 N–H and O–H groups in total. The van der Waals surface area contributed by atoms with Crippen molar-refractivity contribution in [3.63, 3.8) is 0 Å². The molecule has 1 saturated heterocycles. The molecule has 0 aliphatic carbocycles. The number of carboxylic acids is 1. The third-order valence-corrected chi connectivity index (χ3v) is 4.97. The van der Waals surface area contributed by atoms with Gasteiger partial charge >= 0.3 is 5.97 Å². The Kier molecular flexibility index (Phi) is 6.74. The van der Waals surface area contributed by atoms with Gasteiger partial charge in [0.1, 0.15) is 0 Å². The highest BCUT2D eigenvalue weighted by Gasteiger charge is 2.31. The lowest BCUT2D eigenvalue weighted by atomic mass is 10.0. The average Bonchev–Trinajstić information content (AvgIpc) is 2.38. The summed E-state index contributed by atoms with van der Waals surface area (Å²) in [6.07, 6.45) is 5.21. The number of unbranched alkanes of at least 4 members (excludes halogenated alkanes) is 3. The van der Waals surface area contributed by atoms with Gasteiger partial charge in [0.05, 0.1) is 5.92 Å². The Bertz CT molecular complexity index is 383. The molecular weight excluding hydrogens is 268 g/mol. The number of aliphatic carboxylic acids is 1. The van der Waals surface area contributed by atoms with E-state index in [0.717, 1.165) is 25.7 Å². The Labute approximate surface area is 115 Å². The zero-order chi connectivity index (χ0) is 14.3. The minimum absolute atomic E-state index is 0.0830. The van der Waals surface area contributed by atoms with E-state index in [-0.39, 0.29) is 6.54 Å². The van der Waals surface area contributed by atoms with Gasteiger partial charge in [-0.2, -0.15) is 12.7 Å². The SMILES string of the molecule is CCCCCCNS(=O)(=O)N1CCCC(C(=O)O)C1. The van der Waals surface area contributed by atoms with Crippen molar-refractivity contribution in [3.05, 3.63) is 0 Å². The van der Waals surface area contributed by atoms with Crippen molar-refractivity contribution < 1.29 is 18.3 Å². The highest BCUT2D eigenvalue weighted by Crippen LogP contribution is 2.18. The van der Waals surface area contributed by atoms with E-state index in [1.165, 1.54) is 4.31 Å². The molecule has 1 atom stereocenters. The van der Waals surface area contributed by atoms with Crippen LogP contribution in [0.15, 0.2) is 0 Å². The molecule has 19 heavy (non-hydrogen) atoms. The van der Waals surface area contributed by atoms with Crippen molar-refractivity contribution >= 4 is 16.2 Å². The van der Waals surface area contributed by atoms with Crippen molar-refractivity contribution in [3.8, 4) is 0 Å². The standard InChI is InChI=1S/C12H24N2O4S/c1-2-3-4-5-8-13-19(17,18)14-9-6-7-11(10-14)12(15)16/h11,13H,2-10H2,1H3,(H,15,16). The van der Waals surface area contributed by atoms with Gasteiger partial charge in [-0.25, -0.2) is 4.72 Å². The molecule has 0 saturated carbocycles. The predicted molar refractivity (Wildman–Crippen MR) is 73.0 cm³/mol. The van der Waals surface area contributed by atoms with Gasteiger partial charge in [0.25, 0.3) is 10.2 Å². The molecule has 1 aliphatic heterocycles. The van der Waals surface area contributed by atoms with Gasteiger partial charge in [-0.05, 0) is 19.3 Å². The summed E-state index contributed by atoms with van der Waals surface area (Å²) in [5.41, 5.74) is 0. The molecule has 0 aromatic carbocycles. The molecular formula is C12H24N2O4S. The lowest BCUT2D eigenvalue weighted by molar-refractivity contribution is -0.142. The van der Waals surface area contributed by atoms with Crippen LogP contribution in [-0.4, -0.2) is 43.4 Å². The lowest BCUT2D eigenvalue weighted by Gasteiger charge is -2.29. The number of nitrogens with one attached hydrogen (secondary N) is 1. The van der Waals surface area contributed by atoms with Crippen LogP contribution in [0.2, 0.25) is 0 Å². The van der Waals surface area contributed by atoms with Gasteiger partial charge in [0, 0.05) is 19.6 Å². The maximum atomic E-state index is 12.0. The molecule has 0 bridgehead atoms. The number of rotatable bonds is 8. The van der Waals surface area contributed by atoms with Crippen molar-refractivity contribution in [2.45, 2.75) is 45.4 Å². The van der Waals surface area contributed by atoms with Gasteiger partial charge in [-0.1, -0.05) is 26.2 Å². The molecule has 1 aliphatic rings. The third-order valence-electron chi connectivity index (χ3n) is 3.39. The van der Waals surface area contributed by atoms with E-state index in [1.807, 2.05) is 0 Å². The molecule has 1 heterocycles. The summed E-state index contributed by atoms with van der Waals surface area (Å²) in [5, 5.41) is 8.95. The maximum Gasteiger partial charge on any atom is 0.307 e. The second-order valence-electron chi connectivity index (χ2n) is 5.00. The van der Waals surface area contributed by atoms with Crippen molar-refractivity contribution in [2.24, 2.45) is 5.92 Å². The van der Waals surface area contributed by atoms with Crippen molar-refractivity contribution in [1.82, 2.24) is 9.03 Å². The van der Waals surface area contributed by atoms with E-state index in [1.54, 1.807) is 0 Å². The van der Waals surface area contributed by atoms with E-state index in [0.29, 0.717) is 25.9 Å². The number of piperidine rings is 1. The molecule has 1 unspecified atom stereocenters. The molecule has 6 nitrogen and oxygen atoms in total. The van der Waals surface area contributed by atoms with E-state index in [9.17, 15) is 13.2 Å². The van der Waals surface area contributed by atoms with Gasteiger partial charge in [-0.15, -0.1) is 0 Å². The number of hydrogen-bond donors (Lipinski definition) is 2. The summed E-state index contributed by atoms with van der Waals surface area (Å²) in [6.45, 7) is 3.02. The Balaban J connectivity index is 2.41.